The van der Waals surface area contributed by atoms with Crippen molar-refractivity contribution in [3.05, 3.63) is 40.6 Å². The highest BCUT2D eigenvalue weighted by atomic mass is 32.2. The van der Waals surface area contributed by atoms with Gasteiger partial charge in [-0.3, -0.25) is 0 Å². The number of nitrogens with two attached hydrogens (primary N) is 1. The molecule has 2 rings (SSSR count). The van der Waals surface area contributed by atoms with E-state index in [0.29, 0.717) is 12.5 Å². The van der Waals surface area contributed by atoms with Gasteiger partial charge in [-0.05, 0) is 55.0 Å². The highest BCUT2D eigenvalue weighted by Crippen LogP contribution is 2.28. The standard InChI is InChI=1S/C22H34N4O2S/c1-5-6-7-18(10-11-29-4)25-21-19(15(2)24-22(23)26-21)13-17-12-16(14-27)8-9-20(17)28-3/h8-9,12,18,27H,5-7,10-11,13-14H2,1-4H3,(H3,23,24,25,26)/t18-/m0/s1. The van der Waals surface area contributed by atoms with E-state index in [-0.39, 0.29) is 12.6 Å². The van der Waals surface area contributed by atoms with E-state index in [4.69, 9.17) is 10.5 Å². The molecule has 0 amide bonds. The Morgan fingerprint density at radius 2 is 2.07 bits per heavy atom. The molecular formula is C22H34N4O2S. The van der Waals surface area contributed by atoms with Gasteiger partial charge in [-0.2, -0.15) is 16.7 Å². The molecule has 0 saturated heterocycles. The van der Waals surface area contributed by atoms with Crippen LogP contribution in [0.1, 0.15) is 55.0 Å². The van der Waals surface area contributed by atoms with Crippen molar-refractivity contribution in [2.24, 2.45) is 0 Å². The molecule has 0 aliphatic heterocycles. The highest BCUT2D eigenvalue weighted by Gasteiger charge is 2.17. The van der Waals surface area contributed by atoms with Crippen LogP contribution in [-0.4, -0.2) is 40.2 Å². The summed E-state index contributed by atoms with van der Waals surface area (Å²) in [6, 6.07) is 6.09. The van der Waals surface area contributed by atoms with E-state index in [1.54, 1.807) is 7.11 Å². The Balaban J connectivity index is 2.37. The molecule has 0 bridgehead atoms. The Kier molecular flexibility index (Phi) is 9.54. The lowest BCUT2D eigenvalue weighted by atomic mass is 10.00. The Morgan fingerprint density at radius 1 is 1.28 bits per heavy atom. The Morgan fingerprint density at radius 3 is 2.72 bits per heavy atom. The van der Waals surface area contributed by atoms with Crippen LogP contribution >= 0.6 is 11.8 Å². The van der Waals surface area contributed by atoms with Gasteiger partial charge in [-0.15, -0.1) is 0 Å². The first-order valence-corrected chi connectivity index (χ1v) is 11.6. The third-order valence-corrected chi connectivity index (χ3v) is 5.69. The van der Waals surface area contributed by atoms with E-state index in [2.05, 4.69) is 28.5 Å². The average molecular weight is 419 g/mol. The number of aromatic nitrogens is 2. The van der Waals surface area contributed by atoms with Crippen LogP contribution in [0, 0.1) is 6.92 Å². The molecule has 29 heavy (non-hydrogen) atoms. The van der Waals surface area contributed by atoms with E-state index in [0.717, 1.165) is 52.5 Å². The predicted octanol–water partition coefficient (Wildman–Crippen LogP) is 4.18. The summed E-state index contributed by atoms with van der Waals surface area (Å²) >= 11 is 1.86. The lowest BCUT2D eigenvalue weighted by Gasteiger charge is -2.22. The number of nitrogens with zero attached hydrogens (tertiary/aromatic N) is 2. The van der Waals surface area contributed by atoms with E-state index in [1.807, 2.05) is 36.9 Å². The molecule has 0 fully saturated rings. The van der Waals surface area contributed by atoms with Crippen molar-refractivity contribution in [2.75, 3.05) is 30.2 Å². The Hall–Kier alpha value is -1.99. The number of anilines is 2. The fourth-order valence-electron chi connectivity index (χ4n) is 3.40. The maximum absolute atomic E-state index is 9.52. The minimum absolute atomic E-state index is 0.00685. The van der Waals surface area contributed by atoms with Crippen LogP contribution in [0.4, 0.5) is 11.8 Å². The van der Waals surface area contributed by atoms with Gasteiger partial charge in [0.25, 0.3) is 0 Å². The van der Waals surface area contributed by atoms with Crippen molar-refractivity contribution in [3.63, 3.8) is 0 Å². The van der Waals surface area contributed by atoms with E-state index in [9.17, 15) is 5.11 Å². The maximum atomic E-state index is 9.52. The number of hydrogen-bond donors (Lipinski definition) is 3. The quantitative estimate of drug-likeness (QED) is 0.476. The number of benzene rings is 1. The lowest BCUT2D eigenvalue weighted by molar-refractivity contribution is 0.281. The summed E-state index contributed by atoms with van der Waals surface area (Å²) in [5, 5.41) is 13.2. The summed E-state index contributed by atoms with van der Waals surface area (Å²) in [6.07, 6.45) is 7.26. The molecule has 6 nitrogen and oxygen atoms in total. The number of aliphatic hydroxyl groups is 1. The molecule has 7 heteroatoms. The van der Waals surface area contributed by atoms with Crippen molar-refractivity contribution in [3.8, 4) is 5.75 Å². The highest BCUT2D eigenvalue weighted by molar-refractivity contribution is 7.98. The average Bonchev–Trinajstić information content (AvgIpc) is 2.72. The minimum Gasteiger partial charge on any atom is -0.496 e. The monoisotopic (exact) mass is 418 g/mol. The molecule has 1 aromatic heterocycles. The first-order chi connectivity index (χ1) is 14.0. The lowest BCUT2D eigenvalue weighted by Crippen LogP contribution is -2.23. The molecule has 0 saturated carbocycles. The molecule has 1 heterocycles. The van der Waals surface area contributed by atoms with Crippen LogP contribution in [0.25, 0.3) is 0 Å². The summed E-state index contributed by atoms with van der Waals surface area (Å²) in [6.45, 7) is 4.17. The number of rotatable bonds is 12. The van der Waals surface area contributed by atoms with Crippen molar-refractivity contribution in [2.45, 2.75) is 58.6 Å². The first kappa shape index (κ1) is 23.3. The zero-order valence-corrected chi connectivity index (χ0v) is 18.8. The van der Waals surface area contributed by atoms with Gasteiger partial charge in [-0.1, -0.05) is 25.8 Å². The largest absolute Gasteiger partial charge is 0.496 e. The maximum Gasteiger partial charge on any atom is 0.222 e. The molecular weight excluding hydrogens is 384 g/mol. The predicted molar refractivity (Wildman–Crippen MR) is 123 cm³/mol. The Labute approximate surface area is 178 Å². The smallest absolute Gasteiger partial charge is 0.222 e. The molecule has 4 N–H and O–H groups in total. The SMILES string of the molecule is CCCC[C@@H](CCSC)Nc1nc(N)nc(C)c1Cc1cc(CO)ccc1OC. The molecule has 0 unspecified atom stereocenters. The Bertz CT molecular complexity index is 778. The number of nitrogen functional groups attached to an aromatic ring is 1. The summed E-state index contributed by atoms with van der Waals surface area (Å²) in [4.78, 5) is 8.94. The minimum atomic E-state index is -0.00685. The molecule has 1 aromatic carbocycles. The van der Waals surface area contributed by atoms with Crippen LogP contribution in [-0.2, 0) is 13.0 Å². The zero-order chi connectivity index (χ0) is 21.2. The topological polar surface area (TPSA) is 93.3 Å². The molecule has 0 aliphatic rings. The number of aryl methyl sites for hydroxylation is 1. The number of nitrogens with one attached hydrogen (secondary N) is 1. The van der Waals surface area contributed by atoms with Crippen molar-refractivity contribution in [1.29, 1.82) is 0 Å². The molecule has 2 aromatic rings. The van der Waals surface area contributed by atoms with E-state index >= 15 is 0 Å². The second kappa shape index (κ2) is 11.9. The van der Waals surface area contributed by atoms with Gasteiger partial charge in [0, 0.05) is 23.7 Å². The number of hydrogen-bond acceptors (Lipinski definition) is 7. The number of methoxy groups -OCH3 is 1. The number of ether oxygens (including phenoxy) is 1. The van der Waals surface area contributed by atoms with Gasteiger partial charge in [0.05, 0.1) is 13.7 Å². The molecule has 1 atom stereocenters. The fourth-order valence-corrected chi connectivity index (χ4v) is 3.92. The van der Waals surface area contributed by atoms with Gasteiger partial charge in [-0.25, -0.2) is 4.98 Å². The second-order valence-corrected chi connectivity index (χ2v) is 8.23. The molecule has 0 spiro atoms. The number of unbranched alkanes of at least 4 members (excludes halogenated alkanes) is 1. The van der Waals surface area contributed by atoms with Crippen LogP contribution < -0.4 is 15.8 Å². The number of aliphatic hydroxyl groups excluding tert-OH is 1. The molecule has 0 aliphatic carbocycles. The van der Waals surface area contributed by atoms with Gasteiger partial charge in [0.1, 0.15) is 11.6 Å². The summed E-state index contributed by atoms with van der Waals surface area (Å²) in [5.74, 6) is 2.97. The zero-order valence-electron chi connectivity index (χ0n) is 18.0. The van der Waals surface area contributed by atoms with E-state index in [1.165, 1.54) is 12.8 Å². The number of thioether (sulfide) groups is 1. The van der Waals surface area contributed by atoms with Crippen LogP contribution in [0.15, 0.2) is 18.2 Å². The third-order valence-electron chi connectivity index (χ3n) is 5.04. The third kappa shape index (κ3) is 6.78. The molecule has 0 radical (unpaired) electrons. The van der Waals surface area contributed by atoms with Crippen molar-refractivity contribution in [1.82, 2.24) is 9.97 Å². The summed E-state index contributed by atoms with van der Waals surface area (Å²) in [5.41, 5.74) is 9.69. The summed E-state index contributed by atoms with van der Waals surface area (Å²) in [7, 11) is 1.66. The van der Waals surface area contributed by atoms with Gasteiger partial charge in [0.15, 0.2) is 0 Å². The second-order valence-electron chi connectivity index (χ2n) is 7.24. The van der Waals surface area contributed by atoms with Crippen LogP contribution in [0.2, 0.25) is 0 Å². The van der Waals surface area contributed by atoms with Crippen molar-refractivity contribution < 1.29 is 9.84 Å². The van der Waals surface area contributed by atoms with Crippen LogP contribution in [0.5, 0.6) is 5.75 Å². The van der Waals surface area contributed by atoms with Crippen molar-refractivity contribution >= 4 is 23.5 Å². The summed E-state index contributed by atoms with van der Waals surface area (Å²) < 4.78 is 5.54. The van der Waals surface area contributed by atoms with Crippen LogP contribution in [0.3, 0.4) is 0 Å². The van der Waals surface area contributed by atoms with E-state index < -0.39 is 0 Å². The fraction of sp³-hybridized carbons (Fsp3) is 0.545. The normalized spacial score (nSPS) is 12.0. The van der Waals surface area contributed by atoms with Gasteiger partial charge >= 0.3 is 0 Å². The van der Waals surface area contributed by atoms with Gasteiger partial charge < -0.3 is 20.9 Å². The first-order valence-electron chi connectivity index (χ1n) is 10.2. The molecule has 160 valence electrons. The van der Waals surface area contributed by atoms with Gasteiger partial charge in [0.2, 0.25) is 5.95 Å².